The van der Waals surface area contributed by atoms with Crippen molar-refractivity contribution in [3.8, 4) is 0 Å². The Hall–Kier alpha value is -0.910. The molecular formula is C14H21NO3S. The molecule has 1 heterocycles. The topological polar surface area (TPSA) is 57.6 Å². The Balaban J connectivity index is 2.51. The van der Waals surface area contributed by atoms with E-state index in [-0.39, 0.29) is 12.6 Å². The van der Waals surface area contributed by atoms with Crippen LogP contribution in [0.2, 0.25) is 0 Å². The number of aryl methyl sites for hydroxylation is 3. The molecule has 1 atom stereocenters. The first-order chi connectivity index (χ1) is 8.87. The third kappa shape index (κ3) is 2.55. The minimum Gasteiger partial charge on any atom is -0.395 e. The number of nitrogens with zero attached hydrogens (tertiary/aromatic N) is 1. The Bertz CT molecular complexity index is 557. The number of benzene rings is 1. The van der Waals surface area contributed by atoms with E-state index >= 15 is 0 Å². The molecule has 0 unspecified atom stereocenters. The highest BCUT2D eigenvalue weighted by atomic mass is 32.2. The number of hydrogen-bond acceptors (Lipinski definition) is 3. The lowest BCUT2D eigenvalue weighted by Gasteiger charge is -2.24. The third-order valence-corrected chi connectivity index (χ3v) is 5.96. The zero-order valence-corrected chi connectivity index (χ0v) is 12.5. The summed E-state index contributed by atoms with van der Waals surface area (Å²) in [6, 6.07) is 3.51. The summed E-state index contributed by atoms with van der Waals surface area (Å²) in [6.45, 7) is 6.01. The molecule has 4 nitrogen and oxygen atoms in total. The SMILES string of the molecule is Cc1cc(C)c(S(=O)(=O)N2CCC[C@@H]2CO)c(C)c1. The van der Waals surface area contributed by atoms with E-state index in [1.54, 1.807) is 0 Å². The fourth-order valence-corrected chi connectivity index (χ4v) is 5.10. The van der Waals surface area contributed by atoms with Crippen molar-refractivity contribution >= 4 is 10.0 Å². The molecule has 1 aromatic carbocycles. The van der Waals surface area contributed by atoms with Gasteiger partial charge in [0.15, 0.2) is 0 Å². The van der Waals surface area contributed by atoms with Crippen molar-refractivity contribution in [1.82, 2.24) is 4.31 Å². The van der Waals surface area contributed by atoms with Crippen LogP contribution in [0.1, 0.15) is 29.5 Å². The van der Waals surface area contributed by atoms with Gasteiger partial charge >= 0.3 is 0 Å². The number of rotatable bonds is 3. The predicted octanol–water partition coefficient (Wildman–Crippen LogP) is 1.76. The smallest absolute Gasteiger partial charge is 0.243 e. The van der Waals surface area contributed by atoms with Crippen molar-refractivity contribution < 1.29 is 13.5 Å². The average Bonchev–Trinajstić information content (AvgIpc) is 2.75. The highest BCUT2D eigenvalue weighted by Crippen LogP contribution is 2.30. The second kappa shape index (κ2) is 5.23. The highest BCUT2D eigenvalue weighted by molar-refractivity contribution is 7.89. The normalized spacial score (nSPS) is 20.9. The molecule has 0 radical (unpaired) electrons. The first-order valence-electron chi connectivity index (χ1n) is 6.58. The Labute approximate surface area is 115 Å². The van der Waals surface area contributed by atoms with Gasteiger partial charge in [-0.25, -0.2) is 8.42 Å². The Morgan fingerprint density at radius 2 is 1.84 bits per heavy atom. The van der Waals surface area contributed by atoms with E-state index in [4.69, 9.17) is 0 Å². The molecule has 19 heavy (non-hydrogen) atoms. The van der Waals surface area contributed by atoms with E-state index < -0.39 is 10.0 Å². The van der Waals surface area contributed by atoms with Crippen LogP contribution in [0.4, 0.5) is 0 Å². The molecule has 106 valence electrons. The molecule has 1 aromatic rings. The first-order valence-corrected chi connectivity index (χ1v) is 8.02. The zero-order chi connectivity index (χ0) is 14.2. The summed E-state index contributed by atoms with van der Waals surface area (Å²) in [5, 5.41) is 9.32. The molecule has 1 saturated heterocycles. The monoisotopic (exact) mass is 283 g/mol. The van der Waals surface area contributed by atoms with E-state index in [0.29, 0.717) is 11.4 Å². The quantitative estimate of drug-likeness (QED) is 0.919. The fourth-order valence-electron chi connectivity index (χ4n) is 3.00. The van der Waals surface area contributed by atoms with Crippen LogP contribution >= 0.6 is 0 Å². The maximum Gasteiger partial charge on any atom is 0.243 e. The van der Waals surface area contributed by atoms with Crippen LogP contribution in [0.15, 0.2) is 17.0 Å². The molecule has 0 saturated carbocycles. The molecule has 1 fully saturated rings. The summed E-state index contributed by atoms with van der Waals surface area (Å²) < 4.78 is 27.0. The molecule has 5 heteroatoms. The Morgan fingerprint density at radius 1 is 1.26 bits per heavy atom. The van der Waals surface area contributed by atoms with E-state index in [2.05, 4.69) is 0 Å². The largest absolute Gasteiger partial charge is 0.395 e. The molecule has 0 aromatic heterocycles. The van der Waals surface area contributed by atoms with Gasteiger partial charge in [-0.05, 0) is 44.7 Å². The van der Waals surface area contributed by atoms with Crippen molar-refractivity contribution in [2.24, 2.45) is 0 Å². The van der Waals surface area contributed by atoms with E-state index in [1.807, 2.05) is 32.9 Å². The summed E-state index contributed by atoms with van der Waals surface area (Å²) in [4.78, 5) is 0.401. The second-order valence-corrected chi connectivity index (χ2v) is 7.15. The van der Waals surface area contributed by atoms with Crippen molar-refractivity contribution in [2.75, 3.05) is 13.2 Å². The van der Waals surface area contributed by atoms with Crippen LogP contribution < -0.4 is 0 Å². The fraction of sp³-hybridized carbons (Fsp3) is 0.571. The van der Waals surface area contributed by atoms with Gasteiger partial charge in [-0.1, -0.05) is 17.7 Å². The average molecular weight is 283 g/mol. The number of hydrogen-bond donors (Lipinski definition) is 1. The van der Waals surface area contributed by atoms with Crippen LogP contribution in [-0.4, -0.2) is 37.0 Å². The molecule has 0 spiro atoms. The van der Waals surface area contributed by atoms with Crippen molar-refractivity contribution in [3.63, 3.8) is 0 Å². The number of aliphatic hydroxyl groups is 1. The van der Waals surface area contributed by atoms with Crippen molar-refractivity contribution in [1.29, 1.82) is 0 Å². The summed E-state index contributed by atoms with van der Waals surface area (Å²) in [5.74, 6) is 0. The minimum atomic E-state index is -3.50. The van der Waals surface area contributed by atoms with Crippen LogP contribution in [0.3, 0.4) is 0 Å². The maximum absolute atomic E-state index is 12.8. The zero-order valence-electron chi connectivity index (χ0n) is 11.7. The standard InChI is InChI=1S/C14H21NO3S/c1-10-7-11(2)14(12(3)8-10)19(17,18)15-6-4-5-13(15)9-16/h7-8,13,16H,4-6,9H2,1-3H3/t13-/m1/s1. The maximum atomic E-state index is 12.8. The van der Waals surface area contributed by atoms with Gasteiger partial charge in [-0.15, -0.1) is 0 Å². The minimum absolute atomic E-state index is 0.108. The van der Waals surface area contributed by atoms with Crippen LogP contribution in [0.25, 0.3) is 0 Å². The molecule has 0 aliphatic carbocycles. The van der Waals surface area contributed by atoms with Gasteiger partial charge in [0, 0.05) is 12.6 Å². The Kier molecular flexibility index (Phi) is 3.99. The van der Waals surface area contributed by atoms with Gasteiger partial charge in [0.05, 0.1) is 11.5 Å². The molecule has 0 bridgehead atoms. The van der Waals surface area contributed by atoms with Gasteiger partial charge in [-0.3, -0.25) is 0 Å². The van der Waals surface area contributed by atoms with E-state index in [0.717, 1.165) is 29.5 Å². The number of sulfonamides is 1. The molecule has 1 N–H and O–H groups in total. The lowest BCUT2D eigenvalue weighted by molar-refractivity contribution is 0.213. The molecule has 0 amide bonds. The van der Waals surface area contributed by atoms with Gasteiger partial charge in [-0.2, -0.15) is 4.31 Å². The lowest BCUT2D eigenvalue weighted by Crippen LogP contribution is -2.38. The van der Waals surface area contributed by atoms with E-state index in [1.165, 1.54) is 4.31 Å². The van der Waals surface area contributed by atoms with Crippen molar-refractivity contribution in [3.05, 3.63) is 28.8 Å². The van der Waals surface area contributed by atoms with Gasteiger partial charge in [0.1, 0.15) is 0 Å². The summed E-state index contributed by atoms with van der Waals surface area (Å²) >= 11 is 0. The highest BCUT2D eigenvalue weighted by Gasteiger charge is 2.36. The third-order valence-electron chi connectivity index (χ3n) is 3.71. The molecule has 2 rings (SSSR count). The second-order valence-electron chi connectivity index (χ2n) is 5.32. The molecule has 1 aliphatic heterocycles. The van der Waals surface area contributed by atoms with Crippen LogP contribution in [-0.2, 0) is 10.0 Å². The Morgan fingerprint density at radius 3 is 2.37 bits per heavy atom. The number of aliphatic hydroxyl groups excluding tert-OH is 1. The molecule has 1 aliphatic rings. The first kappa shape index (κ1) is 14.5. The van der Waals surface area contributed by atoms with Gasteiger partial charge < -0.3 is 5.11 Å². The van der Waals surface area contributed by atoms with Crippen LogP contribution in [0, 0.1) is 20.8 Å². The summed E-state index contributed by atoms with van der Waals surface area (Å²) in [5.41, 5.74) is 2.62. The summed E-state index contributed by atoms with van der Waals surface area (Å²) in [6.07, 6.45) is 1.55. The summed E-state index contributed by atoms with van der Waals surface area (Å²) in [7, 11) is -3.50. The van der Waals surface area contributed by atoms with E-state index in [9.17, 15) is 13.5 Å². The van der Waals surface area contributed by atoms with Gasteiger partial charge in [0.25, 0.3) is 0 Å². The van der Waals surface area contributed by atoms with Crippen molar-refractivity contribution in [2.45, 2.75) is 44.6 Å². The lowest BCUT2D eigenvalue weighted by atomic mass is 10.1. The molecular weight excluding hydrogens is 262 g/mol. The van der Waals surface area contributed by atoms with Crippen LogP contribution in [0.5, 0.6) is 0 Å². The van der Waals surface area contributed by atoms with Gasteiger partial charge in [0.2, 0.25) is 10.0 Å². The predicted molar refractivity (Wildman–Crippen MR) is 74.7 cm³/mol.